The summed E-state index contributed by atoms with van der Waals surface area (Å²) in [6.45, 7) is 1.16. The van der Waals surface area contributed by atoms with Crippen molar-refractivity contribution in [2.24, 2.45) is 4.99 Å². The number of nitrogens with one attached hydrogen (secondary N) is 3. The van der Waals surface area contributed by atoms with Crippen LogP contribution in [0.25, 0.3) is 10.9 Å². The zero-order valence-corrected chi connectivity index (χ0v) is 17.8. The summed E-state index contributed by atoms with van der Waals surface area (Å²) in [5, 5.41) is 7.37. The number of benzene rings is 2. The van der Waals surface area contributed by atoms with Crippen molar-refractivity contribution in [3.63, 3.8) is 0 Å². The Balaban J connectivity index is 1.39. The summed E-state index contributed by atoms with van der Waals surface area (Å²) in [6.07, 6.45) is 3.14. The van der Waals surface area contributed by atoms with Gasteiger partial charge in [-0.25, -0.2) is 12.8 Å². The van der Waals surface area contributed by atoms with Gasteiger partial charge in [-0.3, -0.25) is 4.99 Å². The number of aromatic nitrogens is 1. The van der Waals surface area contributed by atoms with Crippen molar-refractivity contribution in [1.29, 1.82) is 0 Å². The minimum atomic E-state index is -3.14. The maximum Gasteiger partial charge on any atom is 0.190 e. The monoisotopic (exact) mass is 430 g/mol. The highest BCUT2D eigenvalue weighted by molar-refractivity contribution is 7.90. The summed E-state index contributed by atoms with van der Waals surface area (Å²) < 4.78 is 37.8. The van der Waals surface area contributed by atoms with Crippen LogP contribution in [0.5, 0.6) is 0 Å². The third kappa shape index (κ3) is 6.32. The van der Waals surface area contributed by atoms with Crippen molar-refractivity contribution in [3.05, 3.63) is 71.7 Å². The molecule has 0 saturated heterocycles. The summed E-state index contributed by atoms with van der Waals surface area (Å²) in [7, 11) is -1.46. The Kier molecular flexibility index (Phi) is 7.46. The Bertz CT molecular complexity index is 1090. The molecule has 1 heterocycles. The molecule has 3 N–H and O–H groups in total. The van der Waals surface area contributed by atoms with Gasteiger partial charge in [-0.2, -0.15) is 0 Å². The number of aliphatic imine (C=N–C) groups is 1. The number of rotatable bonds is 9. The molecule has 0 aliphatic heterocycles. The topological polar surface area (TPSA) is 86.3 Å². The average Bonchev–Trinajstić information content (AvgIpc) is 3.12. The summed E-state index contributed by atoms with van der Waals surface area (Å²) in [4.78, 5) is 7.25. The van der Waals surface area contributed by atoms with Crippen molar-refractivity contribution in [2.45, 2.75) is 18.6 Å². The van der Waals surface area contributed by atoms with Crippen LogP contribution < -0.4 is 10.6 Å². The number of nitrogens with zero attached hydrogens (tertiary/aromatic N) is 1. The van der Waals surface area contributed by atoms with Crippen molar-refractivity contribution < 1.29 is 12.8 Å². The van der Waals surface area contributed by atoms with Crippen LogP contribution in [0.1, 0.15) is 17.5 Å². The van der Waals surface area contributed by atoms with E-state index in [0.717, 1.165) is 28.5 Å². The van der Waals surface area contributed by atoms with Crippen molar-refractivity contribution in [1.82, 2.24) is 15.6 Å². The van der Waals surface area contributed by atoms with Gasteiger partial charge >= 0.3 is 0 Å². The standard InChI is InChI=1S/C22H27FN4O2S/c1-24-22(25-11-5-13-30(28,29)16-17-6-3-2-4-7-17)26-12-10-18-15-27-21-14-19(23)8-9-20(18)21/h2-4,6-9,14-15,27H,5,10-13,16H2,1H3,(H2,24,25,26). The Morgan fingerprint density at radius 3 is 2.63 bits per heavy atom. The Morgan fingerprint density at radius 2 is 1.87 bits per heavy atom. The fourth-order valence-electron chi connectivity index (χ4n) is 3.30. The molecule has 0 aliphatic carbocycles. The minimum Gasteiger partial charge on any atom is -0.361 e. The van der Waals surface area contributed by atoms with E-state index in [1.165, 1.54) is 12.1 Å². The number of aromatic amines is 1. The van der Waals surface area contributed by atoms with E-state index in [4.69, 9.17) is 0 Å². The summed E-state index contributed by atoms with van der Waals surface area (Å²) in [5.41, 5.74) is 2.69. The number of hydrogen-bond donors (Lipinski definition) is 3. The van der Waals surface area contributed by atoms with Gasteiger partial charge in [0.15, 0.2) is 15.8 Å². The van der Waals surface area contributed by atoms with E-state index >= 15 is 0 Å². The lowest BCUT2D eigenvalue weighted by Crippen LogP contribution is -2.39. The van der Waals surface area contributed by atoms with E-state index < -0.39 is 9.84 Å². The van der Waals surface area contributed by atoms with Crippen LogP contribution in [0.3, 0.4) is 0 Å². The summed E-state index contributed by atoms with van der Waals surface area (Å²) in [6, 6.07) is 13.9. The van der Waals surface area contributed by atoms with E-state index in [9.17, 15) is 12.8 Å². The quantitative estimate of drug-likeness (QED) is 0.277. The molecular weight excluding hydrogens is 403 g/mol. The Labute approximate surface area is 176 Å². The lowest BCUT2D eigenvalue weighted by atomic mass is 10.1. The van der Waals surface area contributed by atoms with E-state index in [1.54, 1.807) is 13.1 Å². The van der Waals surface area contributed by atoms with Crippen LogP contribution in [0.2, 0.25) is 0 Å². The van der Waals surface area contributed by atoms with Gasteiger partial charge in [-0.15, -0.1) is 0 Å². The molecule has 3 rings (SSSR count). The molecule has 3 aromatic rings. The van der Waals surface area contributed by atoms with Crippen molar-refractivity contribution >= 4 is 26.7 Å². The van der Waals surface area contributed by atoms with E-state index in [-0.39, 0.29) is 17.3 Å². The second kappa shape index (κ2) is 10.2. The van der Waals surface area contributed by atoms with Gasteiger partial charge in [0.1, 0.15) is 5.82 Å². The Hall–Kier alpha value is -2.87. The molecule has 1 aromatic heterocycles. The predicted octanol–water partition coefficient (Wildman–Crippen LogP) is 3.02. The van der Waals surface area contributed by atoms with Gasteiger partial charge < -0.3 is 15.6 Å². The molecule has 0 atom stereocenters. The number of halogens is 1. The molecule has 0 spiro atoms. The maximum absolute atomic E-state index is 13.3. The zero-order chi connectivity index (χ0) is 21.4. The number of sulfone groups is 1. The highest BCUT2D eigenvalue weighted by Crippen LogP contribution is 2.19. The lowest BCUT2D eigenvalue weighted by molar-refractivity contribution is 0.591. The van der Waals surface area contributed by atoms with Crippen LogP contribution in [-0.2, 0) is 22.0 Å². The van der Waals surface area contributed by atoms with Gasteiger partial charge in [0.25, 0.3) is 0 Å². The predicted molar refractivity (Wildman–Crippen MR) is 120 cm³/mol. The van der Waals surface area contributed by atoms with E-state index in [0.29, 0.717) is 25.5 Å². The molecule has 0 aliphatic rings. The summed E-state index contributed by atoms with van der Waals surface area (Å²) >= 11 is 0. The fourth-order valence-corrected chi connectivity index (χ4v) is 4.73. The second-order valence-electron chi connectivity index (χ2n) is 7.11. The van der Waals surface area contributed by atoms with Crippen molar-refractivity contribution in [3.8, 4) is 0 Å². The molecule has 160 valence electrons. The van der Waals surface area contributed by atoms with E-state index in [1.807, 2.05) is 36.5 Å². The van der Waals surface area contributed by atoms with Gasteiger partial charge in [0.05, 0.1) is 11.5 Å². The molecule has 30 heavy (non-hydrogen) atoms. The average molecular weight is 431 g/mol. The highest BCUT2D eigenvalue weighted by Gasteiger charge is 2.11. The molecular formula is C22H27FN4O2S. The number of guanidine groups is 1. The SMILES string of the molecule is CN=C(NCCCS(=O)(=O)Cc1ccccc1)NCCc1c[nH]c2cc(F)ccc12. The first-order valence-corrected chi connectivity index (χ1v) is 11.7. The first kappa shape index (κ1) is 21.8. The minimum absolute atomic E-state index is 0.0648. The fraction of sp³-hybridized carbons (Fsp3) is 0.318. The Morgan fingerprint density at radius 1 is 1.10 bits per heavy atom. The molecule has 0 radical (unpaired) electrons. The van der Waals surface area contributed by atoms with Crippen LogP contribution >= 0.6 is 0 Å². The molecule has 0 amide bonds. The van der Waals surface area contributed by atoms with Gasteiger partial charge in [-0.05, 0) is 42.2 Å². The van der Waals surface area contributed by atoms with Crippen molar-refractivity contribution in [2.75, 3.05) is 25.9 Å². The highest BCUT2D eigenvalue weighted by atomic mass is 32.2. The normalized spacial score (nSPS) is 12.3. The molecule has 0 saturated carbocycles. The van der Waals surface area contributed by atoms with Gasteiger partial charge in [-0.1, -0.05) is 30.3 Å². The van der Waals surface area contributed by atoms with Crippen LogP contribution in [0, 0.1) is 5.82 Å². The van der Waals surface area contributed by atoms with Gasteiger partial charge in [0, 0.05) is 37.2 Å². The number of fused-ring (bicyclic) bond motifs is 1. The van der Waals surface area contributed by atoms with Crippen LogP contribution in [0.4, 0.5) is 4.39 Å². The molecule has 6 nitrogen and oxygen atoms in total. The molecule has 0 unspecified atom stereocenters. The maximum atomic E-state index is 13.3. The molecule has 2 aromatic carbocycles. The van der Waals surface area contributed by atoms with E-state index in [2.05, 4.69) is 20.6 Å². The zero-order valence-electron chi connectivity index (χ0n) is 17.0. The second-order valence-corrected chi connectivity index (χ2v) is 9.29. The largest absolute Gasteiger partial charge is 0.361 e. The third-order valence-electron chi connectivity index (χ3n) is 4.79. The smallest absolute Gasteiger partial charge is 0.190 e. The number of H-pyrrole nitrogens is 1. The molecule has 8 heteroatoms. The molecule has 0 bridgehead atoms. The number of hydrogen-bond acceptors (Lipinski definition) is 3. The summed E-state index contributed by atoms with van der Waals surface area (Å²) in [5.74, 6) is 0.554. The first-order valence-electron chi connectivity index (χ1n) is 9.91. The lowest BCUT2D eigenvalue weighted by Gasteiger charge is -2.12. The molecule has 0 fully saturated rings. The van der Waals surface area contributed by atoms with Crippen LogP contribution in [-0.4, -0.2) is 45.3 Å². The first-order chi connectivity index (χ1) is 14.5. The van der Waals surface area contributed by atoms with Crippen LogP contribution in [0.15, 0.2) is 59.7 Å². The van der Waals surface area contributed by atoms with Gasteiger partial charge in [0.2, 0.25) is 0 Å². The third-order valence-corrected chi connectivity index (χ3v) is 6.48.